The van der Waals surface area contributed by atoms with Gasteiger partial charge in [0.05, 0.1) is 5.69 Å². The highest BCUT2D eigenvalue weighted by atomic mass is 16.3. The number of hydrogen-bond donors (Lipinski definition) is 3. The molecule has 1 aromatic rings. The van der Waals surface area contributed by atoms with Crippen molar-refractivity contribution in [3.63, 3.8) is 0 Å². The van der Waals surface area contributed by atoms with Crippen molar-refractivity contribution in [2.75, 3.05) is 5.32 Å². The van der Waals surface area contributed by atoms with Crippen LogP contribution in [-0.2, 0) is 4.79 Å². The summed E-state index contributed by atoms with van der Waals surface area (Å²) in [6, 6.07) is 3.45. The molecule has 112 valence electrons. The number of aryl methyl sites for hydroxylation is 2. The van der Waals surface area contributed by atoms with E-state index in [0.29, 0.717) is 5.69 Å². The number of nitrogens with one attached hydrogen (secondary N) is 1. The average Bonchev–Trinajstić information content (AvgIpc) is 2.21. The molecule has 0 saturated heterocycles. The minimum atomic E-state index is -0.178. The van der Waals surface area contributed by atoms with E-state index >= 15 is 0 Å². The van der Waals surface area contributed by atoms with Crippen LogP contribution in [0.1, 0.15) is 44.7 Å². The minimum Gasteiger partial charge on any atom is -0.505 e. The summed E-state index contributed by atoms with van der Waals surface area (Å²) in [4.78, 5) is 12.0. The number of phenolic OH excluding ortho intramolecular Hbond substituents is 1. The van der Waals surface area contributed by atoms with Gasteiger partial charge in [-0.25, -0.2) is 0 Å². The van der Waals surface area contributed by atoms with E-state index in [1.54, 1.807) is 6.07 Å². The van der Waals surface area contributed by atoms with Gasteiger partial charge in [0, 0.05) is 12.5 Å². The molecule has 0 aliphatic carbocycles. The molecule has 1 rings (SSSR count). The van der Waals surface area contributed by atoms with E-state index < -0.39 is 0 Å². The Labute approximate surface area is 121 Å². The van der Waals surface area contributed by atoms with Crippen molar-refractivity contribution in [2.45, 2.75) is 53.5 Å². The molecule has 0 fully saturated rings. The van der Waals surface area contributed by atoms with Gasteiger partial charge in [-0.05, 0) is 42.9 Å². The molecule has 0 aliphatic heterocycles. The van der Waals surface area contributed by atoms with Crippen molar-refractivity contribution < 1.29 is 9.90 Å². The first kappa shape index (κ1) is 16.5. The molecular formula is C16H26N2O2. The molecule has 0 saturated carbocycles. The molecule has 1 aromatic carbocycles. The van der Waals surface area contributed by atoms with Gasteiger partial charge in [0.1, 0.15) is 5.75 Å². The third-order valence-corrected chi connectivity index (χ3v) is 3.04. The van der Waals surface area contributed by atoms with Crippen LogP contribution >= 0.6 is 0 Å². The third-order valence-electron chi connectivity index (χ3n) is 3.04. The zero-order valence-electron chi connectivity index (χ0n) is 13.1. The molecular weight excluding hydrogens is 252 g/mol. The monoisotopic (exact) mass is 278 g/mol. The van der Waals surface area contributed by atoms with E-state index in [9.17, 15) is 9.90 Å². The highest BCUT2D eigenvalue weighted by molar-refractivity contribution is 5.93. The number of anilines is 1. The van der Waals surface area contributed by atoms with Crippen LogP contribution in [0, 0.1) is 19.3 Å². The summed E-state index contributed by atoms with van der Waals surface area (Å²) in [7, 11) is 0. The lowest BCUT2D eigenvalue weighted by atomic mass is 9.87. The van der Waals surface area contributed by atoms with Crippen molar-refractivity contribution in [1.29, 1.82) is 0 Å². The largest absolute Gasteiger partial charge is 0.505 e. The van der Waals surface area contributed by atoms with Gasteiger partial charge in [0.25, 0.3) is 0 Å². The van der Waals surface area contributed by atoms with E-state index in [1.807, 2.05) is 19.9 Å². The molecule has 4 N–H and O–H groups in total. The molecule has 1 amide bonds. The fourth-order valence-corrected chi connectivity index (χ4v) is 2.35. The molecule has 1 unspecified atom stereocenters. The van der Waals surface area contributed by atoms with Gasteiger partial charge in [-0.3, -0.25) is 4.79 Å². The quantitative estimate of drug-likeness (QED) is 0.741. The number of benzene rings is 1. The van der Waals surface area contributed by atoms with E-state index in [2.05, 4.69) is 26.1 Å². The van der Waals surface area contributed by atoms with E-state index in [4.69, 9.17) is 5.73 Å². The van der Waals surface area contributed by atoms with Crippen molar-refractivity contribution in [3.8, 4) is 5.75 Å². The summed E-state index contributed by atoms with van der Waals surface area (Å²) in [6.45, 7) is 10.0. The molecule has 0 aliphatic rings. The van der Waals surface area contributed by atoms with Gasteiger partial charge >= 0.3 is 0 Å². The summed E-state index contributed by atoms with van der Waals surface area (Å²) >= 11 is 0. The first-order chi connectivity index (χ1) is 9.08. The molecule has 20 heavy (non-hydrogen) atoms. The van der Waals surface area contributed by atoms with Crippen LogP contribution in [0.15, 0.2) is 12.1 Å². The lowest BCUT2D eigenvalue weighted by Gasteiger charge is -2.22. The number of hydrogen-bond acceptors (Lipinski definition) is 3. The van der Waals surface area contributed by atoms with Gasteiger partial charge in [-0.2, -0.15) is 0 Å². The van der Waals surface area contributed by atoms with Crippen LogP contribution in [0.3, 0.4) is 0 Å². The fraction of sp³-hybridized carbons (Fsp3) is 0.562. The first-order valence-corrected chi connectivity index (χ1v) is 6.94. The van der Waals surface area contributed by atoms with E-state index in [0.717, 1.165) is 17.5 Å². The van der Waals surface area contributed by atoms with Gasteiger partial charge in [0.15, 0.2) is 0 Å². The van der Waals surface area contributed by atoms with E-state index in [-0.39, 0.29) is 29.5 Å². The average molecular weight is 278 g/mol. The van der Waals surface area contributed by atoms with Crippen molar-refractivity contribution in [3.05, 3.63) is 23.3 Å². The summed E-state index contributed by atoms with van der Waals surface area (Å²) in [5.41, 5.74) is 8.29. The second-order valence-corrected chi connectivity index (χ2v) is 6.76. The van der Waals surface area contributed by atoms with Crippen LogP contribution in [0.2, 0.25) is 0 Å². The molecule has 0 aromatic heterocycles. The number of rotatable bonds is 4. The predicted molar refractivity (Wildman–Crippen MR) is 82.9 cm³/mol. The zero-order chi connectivity index (χ0) is 15.5. The standard InChI is InChI=1S/C16H26N2O2/c1-10-6-11(2)15(20)13(7-10)18-14(19)8-12(17)9-16(3,4)5/h6-7,12,20H,8-9,17H2,1-5H3,(H,18,19). The first-order valence-electron chi connectivity index (χ1n) is 6.94. The number of aromatic hydroxyl groups is 1. The molecule has 4 nitrogen and oxygen atoms in total. The lowest BCUT2D eigenvalue weighted by Crippen LogP contribution is -2.31. The van der Waals surface area contributed by atoms with Gasteiger partial charge in [-0.1, -0.05) is 26.8 Å². The zero-order valence-corrected chi connectivity index (χ0v) is 13.1. The molecule has 0 heterocycles. The normalized spacial score (nSPS) is 13.1. The van der Waals surface area contributed by atoms with Crippen LogP contribution in [0.4, 0.5) is 5.69 Å². The Morgan fingerprint density at radius 3 is 2.50 bits per heavy atom. The Morgan fingerprint density at radius 2 is 1.95 bits per heavy atom. The van der Waals surface area contributed by atoms with Crippen LogP contribution in [0.5, 0.6) is 5.75 Å². The Bertz CT molecular complexity index is 490. The predicted octanol–water partition coefficient (Wildman–Crippen LogP) is 3.10. The summed E-state index contributed by atoms with van der Waals surface area (Å²) in [5, 5.41) is 12.7. The number of phenols is 1. The second kappa shape index (κ2) is 6.27. The summed E-state index contributed by atoms with van der Waals surface area (Å²) in [6.07, 6.45) is 1.03. The number of carbonyl (C=O) groups is 1. The van der Waals surface area contributed by atoms with Gasteiger partial charge < -0.3 is 16.2 Å². The molecule has 0 bridgehead atoms. The maximum atomic E-state index is 12.0. The number of carbonyl (C=O) groups excluding carboxylic acids is 1. The van der Waals surface area contributed by atoms with Crippen molar-refractivity contribution >= 4 is 11.6 Å². The smallest absolute Gasteiger partial charge is 0.226 e. The Kier molecular flexibility index (Phi) is 5.17. The summed E-state index contributed by atoms with van der Waals surface area (Å²) in [5.74, 6) is -0.0459. The SMILES string of the molecule is Cc1cc(C)c(O)c(NC(=O)CC(N)CC(C)(C)C)c1. The molecule has 1 atom stereocenters. The highest BCUT2D eigenvalue weighted by Crippen LogP contribution is 2.29. The van der Waals surface area contributed by atoms with Crippen molar-refractivity contribution in [1.82, 2.24) is 0 Å². The number of nitrogens with two attached hydrogens (primary N) is 1. The topological polar surface area (TPSA) is 75.3 Å². The Hall–Kier alpha value is -1.55. The molecule has 4 heteroatoms. The third kappa shape index (κ3) is 5.21. The summed E-state index contributed by atoms with van der Waals surface area (Å²) < 4.78 is 0. The minimum absolute atomic E-state index is 0.0990. The van der Waals surface area contributed by atoms with Gasteiger partial charge in [-0.15, -0.1) is 0 Å². The fourth-order valence-electron chi connectivity index (χ4n) is 2.35. The molecule has 0 radical (unpaired) electrons. The maximum absolute atomic E-state index is 12.0. The maximum Gasteiger partial charge on any atom is 0.226 e. The molecule has 0 spiro atoms. The van der Waals surface area contributed by atoms with Crippen LogP contribution < -0.4 is 11.1 Å². The highest BCUT2D eigenvalue weighted by Gasteiger charge is 2.19. The van der Waals surface area contributed by atoms with Crippen LogP contribution in [-0.4, -0.2) is 17.1 Å². The second-order valence-electron chi connectivity index (χ2n) is 6.76. The number of amides is 1. The Morgan fingerprint density at radius 1 is 1.35 bits per heavy atom. The van der Waals surface area contributed by atoms with Crippen molar-refractivity contribution in [2.24, 2.45) is 11.1 Å². The lowest BCUT2D eigenvalue weighted by molar-refractivity contribution is -0.116. The van der Waals surface area contributed by atoms with Gasteiger partial charge in [0.2, 0.25) is 5.91 Å². The Balaban J connectivity index is 2.68. The van der Waals surface area contributed by atoms with E-state index in [1.165, 1.54) is 0 Å². The van der Waals surface area contributed by atoms with Crippen LogP contribution in [0.25, 0.3) is 0 Å².